The molecule has 0 aromatic carbocycles. The summed E-state index contributed by atoms with van der Waals surface area (Å²) in [5, 5.41) is 10.8. The van der Waals surface area contributed by atoms with E-state index in [1.807, 2.05) is 0 Å². The number of nitrogens with zero attached hydrogens (tertiary/aromatic N) is 6. The Bertz CT molecular complexity index is 945. The summed E-state index contributed by atoms with van der Waals surface area (Å²) < 4.78 is 41.0. The smallest absolute Gasteiger partial charge is 0.309 e. The van der Waals surface area contributed by atoms with E-state index >= 15 is 0 Å². The zero-order valence-corrected chi connectivity index (χ0v) is 13.8. The number of hydrogen-bond donors (Lipinski definition) is 1. The number of alkyl halides is 3. The van der Waals surface area contributed by atoms with E-state index in [4.69, 9.17) is 0 Å². The van der Waals surface area contributed by atoms with E-state index in [1.165, 1.54) is 21.8 Å². The minimum Gasteiger partial charge on any atom is -0.309 e. The SMILES string of the molecule is Cc1cc(NC(=O)Cn2cc(-c3nccc(C(F)(F)F)n3)cn2)n(C)n1. The van der Waals surface area contributed by atoms with Gasteiger partial charge in [-0.25, -0.2) is 9.97 Å². The third-order valence-corrected chi connectivity index (χ3v) is 3.41. The first kappa shape index (κ1) is 17.6. The van der Waals surface area contributed by atoms with Crippen molar-refractivity contribution >= 4 is 11.7 Å². The number of aromatic nitrogens is 6. The highest BCUT2D eigenvalue weighted by atomic mass is 19.4. The maximum absolute atomic E-state index is 12.7. The number of hydrogen-bond acceptors (Lipinski definition) is 5. The molecule has 136 valence electrons. The molecule has 3 rings (SSSR count). The molecule has 0 saturated carbocycles. The van der Waals surface area contributed by atoms with Gasteiger partial charge in [-0.3, -0.25) is 14.2 Å². The second-order valence-electron chi connectivity index (χ2n) is 5.53. The number of rotatable bonds is 4. The molecule has 1 amide bonds. The van der Waals surface area contributed by atoms with Crippen molar-refractivity contribution in [2.24, 2.45) is 7.05 Å². The van der Waals surface area contributed by atoms with Crippen LogP contribution in [-0.4, -0.2) is 35.4 Å². The van der Waals surface area contributed by atoms with Crippen LogP contribution >= 0.6 is 0 Å². The van der Waals surface area contributed by atoms with Crippen molar-refractivity contribution in [3.63, 3.8) is 0 Å². The van der Waals surface area contributed by atoms with Gasteiger partial charge in [0, 0.05) is 25.5 Å². The van der Waals surface area contributed by atoms with Crippen molar-refractivity contribution in [3.05, 3.63) is 42.1 Å². The van der Waals surface area contributed by atoms with Crippen LogP contribution in [0.15, 0.2) is 30.7 Å². The zero-order chi connectivity index (χ0) is 18.9. The third kappa shape index (κ3) is 3.87. The molecule has 0 radical (unpaired) electrons. The molecule has 3 heterocycles. The van der Waals surface area contributed by atoms with Crippen LogP contribution in [0.1, 0.15) is 11.4 Å². The van der Waals surface area contributed by atoms with Crippen molar-refractivity contribution in [1.29, 1.82) is 0 Å². The van der Waals surface area contributed by atoms with Crippen molar-refractivity contribution in [2.75, 3.05) is 5.32 Å². The van der Waals surface area contributed by atoms with Crippen molar-refractivity contribution in [3.8, 4) is 11.4 Å². The second kappa shape index (κ2) is 6.58. The van der Waals surface area contributed by atoms with Crippen LogP contribution in [-0.2, 0) is 24.6 Å². The average molecular weight is 365 g/mol. The highest BCUT2D eigenvalue weighted by Gasteiger charge is 2.32. The first-order valence-electron chi connectivity index (χ1n) is 7.46. The van der Waals surface area contributed by atoms with Crippen molar-refractivity contribution in [2.45, 2.75) is 19.6 Å². The molecule has 0 bridgehead atoms. The molecule has 3 aromatic rings. The number of carbonyl (C=O) groups excluding carboxylic acids is 1. The van der Waals surface area contributed by atoms with E-state index in [2.05, 4.69) is 25.5 Å². The number of amides is 1. The lowest BCUT2D eigenvalue weighted by Crippen LogP contribution is -2.20. The molecule has 0 aliphatic rings. The Morgan fingerprint density at radius 2 is 2.12 bits per heavy atom. The van der Waals surface area contributed by atoms with Crippen LogP contribution in [0.5, 0.6) is 0 Å². The van der Waals surface area contributed by atoms with Gasteiger partial charge in [0.1, 0.15) is 18.1 Å². The highest BCUT2D eigenvalue weighted by molar-refractivity contribution is 5.89. The van der Waals surface area contributed by atoms with E-state index in [1.54, 1.807) is 20.0 Å². The summed E-state index contributed by atoms with van der Waals surface area (Å²) in [6, 6.07) is 2.50. The first-order valence-corrected chi connectivity index (χ1v) is 7.46. The zero-order valence-electron chi connectivity index (χ0n) is 13.8. The maximum Gasteiger partial charge on any atom is 0.433 e. The maximum atomic E-state index is 12.7. The van der Waals surface area contributed by atoms with Gasteiger partial charge >= 0.3 is 6.18 Å². The molecule has 26 heavy (non-hydrogen) atoms. The lowest BCUT2D eigenvalue weighted by Gasteiger charge is -2.06. The van der Waals surface area contributed by atoms with Crippen LogP contribution in [0.4, 0.5) is 19.0 Å². The van der Waals surface area contributed by atoms with Crippen LogP contribution < -0.4 is 5.32 Å². The Hall–Kier alpha value is -3.24. The summed E-state index contributed by atoms with van der Waals surface area (Å²) in [5.41, 5.74) is -0.00859. The molecule has 0 saturated heterocycles. The van der Waals surface area contributed by atoms with Crippen LogP contribution in [0.3, 0.4) is 0 Å². The molecule has 3 aromatic heterocycles. The van der Waals surface area contributed by atoms with Gasteiger partial charge in [-0.2, -0.15) is 23.4 Å². The molecule has 0 fully saturated rings. The van der Waals surface area contributed by atoms with Gasteiger partial charge in [0.05, 0.1) is 17.5 Å². The van der Waals surface area contributed by atoms with Gasteiger partial charge in [-0.15, -0.1) is 0 Å². The summed E-state index contributed by atoms with van der Waals surface area (Å²) in [4.78, 5) is 19.4. The molecule has 0 aliphatic heterocycles. The van der Waals surface area contributed by atoms with E-state index in [9.17, 15) is 18.0 Å². The van der Waals surface area contributed by atoms with Gasteiger partial charge in [0.15, 0.2) is 5.82 Å². The fraction of sp³-hybridized carbons (Fsp3) is 0.267. The highest BCUT2D eigenvalue weighted by Crippen LogP contribution is 2.28. The molecule has 0 spiro atoms. The minimum atomic E-state index is -4.56. The Morgan fingerprint density at radius 3 is 2.77 bits per heavy atom. The van der Waals surface area contributed by atoms with Gasteiger partial charge in [-0.1, -0.05) is 0 Å². The quantitative estimate of drug-likeness (QED) is 0.764. The monoisotopic (exact) mass is 365 g/mol. The van der Waals surface area contributed by atoms with Crippen molar-refractivity contribution < 1.29 is 18.0 Å². The molecule has 0 unspecified atom stereocenters. The molecule has 11 heteroatoms. The van der Waals surface area contributed by atoms with E-state index in [-0.39, 0.29) is 23.8 Å². The van der Waals surface area contributed by atoms with Gasteiger partial charge in [0.2, 0.25) is 5.91 Å². The summed E-state index contributed by atoms with van der Waals surface area (Å²) in [7, 11) is 1.69. The third-order valence-electron chi connectivity index (χ3n) is 3.41. The van der Waals surface area contributed by atoms with Gasteiger partial charge in [-0.05, 0) is 13.0 Å². The average Bonchev–Trinajstić information content (AvgIpc) is 3.13. The van der Waals surface area contributed by atoms with Gasteiger partial charge in [0.25, 0.3) is 0 Å². The van der Waals surface area contributed by atoms with Crippen LogP contribution in [0.25, 0.3) is 11.4 Å². The Balaban J connectivity index is 1.72. The molecule has 0 atom stereocenters. The van der Waals surface area contributed by atoms with Gasteiger partial charge < -0.3 is 5.32 Å². The normalized spacial score (nSPS) is 11.6. The number of halogens is 3. The Labute approximate surface area is 145 Å². The summed E-state index contributed by atoms with van der Waals surface area (Å²) in [6.45, 7) is 1.67. The standard InChI is InChI=1S/C15H14F3N7O/c1-9-5-12(24(2)23-9)22-13(26)8-25-7-10(6-20-25)14-19-4-3-11(21-14)15(16,17)18/h3-7H,8H2,1-2H3,(H,22,26). The Kier molecular flexibility index (Phi) is 4.45. The lowest BCUT2D eigenvalue weighted by atomic mass is 10.3. The lowest BCUT2D eigenvalue weighted by molar-refractivity contribution is -0.141. The Morgan fingerprint density at radius 1 is 1.35 bits per heavy atom. The predicted octanol–water partition coefficient (Wildman–Crippen LogP) is 2.04. The number of anilines is 1. The fourth-order valence-corrected chi connectivity index (χ4v) is 2.28. The fourth-order valence-electron chi connectivity index (χ4n) is 2.28. The van der Waals surface area contributed by atoms with E-state index < -0.39 is 11.9 Å². The summed E-state index contributed by atoms with van der Waals surface area (Å²) in [5.74, 6) is 0.0578. The molecular weight excluding hydrogens is 351 g/mol. The minimum absolute atomic E-state index is 0.117. The summed E-state index contributed by atoms with van der Waals surface area (Å²) >= 11 is 0. The molecule has 1 N–H and O–H groups in total. The first-order chi connectivity index (χ1) is 12.2. The number of aryl methyl sites for hydroxylation is 2. The molecular formula is C15H14F3N7O. The topological polar surface area (TPSA) is 90.5 Å². The van der Waals surface area contributed by atoms with Crippen LogP contribution in [0.2, 0.25) is 0 Å². The number of carbonyl (C=O) groups is 1. The largest absolute Gasteiger partial charge is 0.433 e. The molecule has 0 aliphatic carbocycles. The summed E-state index contributed by atoms with van der Waals surface area (Å²) in [6.07, 6.45) is -0.824. The number of nitrogens with one attached hydrogen (secondary N) is 1. The van der Waals surface area contributed by atoms with E-state index in [0.717, 1.165) is 18.0 Å². The van der Waals surface area contributed by atoms with E-state index in [0.29, 0.717) is 5.82 Å². The second-order valence-corrected chi connectivity index (χ2v) is 5.53. The molecule has 8 nitrogen and oxygen atoms in total. The predicted molar refractivity (Wildman–Crippen MR) is 84.8 cm³/mol. The van der Waals surface area contributed by atoms with Crippen LogP contribution in [0, 0.1) is 6.92 Å². The van der Waals surface area contributed by atoms with Crippen molar-refractivity contribution in [1.82, 2.24) is 29.5 Å².